The summed E-state index contributed by atoms with van der Waals surface area (Å²) in [5, 5.41) is 6.08. The van der Waals surface area contributed by atoms with Gasteiger partial charge in [0, 0.05) is 12.6 Å². The van der Waals surface area contributed by atoms with Gasteiger partial charge in [-0.15, -0.1) is 0 Å². The van der Waals surface area contributed by atoms with Crippen LogP contribution < -0.4 is 15.4 Å². The van der Waals surface area contributed by atoms with Gasteiger partial charge in [0.1, 0.15) is 5.75 Å². The van der Waals surface area contributed by atoms with E-state index < -0.39 is 0 Å². The molecule has 1 saturated carbocycles. The van der Waals surface area contributed by atoms with Crippen LogP contribution >= 0.6 is 0 Å². The van der Waals surface area contributed by atoms with Crippen LogP contribution in [0.25, 0.3) is 0 Å². The molecule has 0 heterocycles. The van der Waals surface area contributed by atoms with Gasteiger partial charge in [0.05, 0.1) is 13.7 Å². The average molecular weight is 262 g/mol. The monoisotopic (exact) mass is 262 g/mol. The Bertz CT molecular complexity index is 428. The fraction of sp³-hybridized carbons (Fsp3) is 0.533. The van der Waals surface area contributed by atoms with E-state index >= 15 is 0 Å². The number of hydrogen-bond donors (Lipinski definition) is 2. The third kappa shape index (κ3) is 3.70. The second kappa shape index (κ2) is 6.57. The molecule has 0 radical (unpaired) electrons. The van der Waals surface area contributed by atoms with Gasteiger partial charge in [-0.2, -0.15) is 0 Å². The maximum Gasteiger partial charge on any atom is 0.233 e. The highest BCUT2D eigenvalue weighted by Crippen LogP contribution is 2.37. The van der Waals surface area contributed by atoms with Gasteiger partial charge >= 0.3 is 0 Å². The molecule has 1 aromatic rings. The molecule has 1 fully saturated rings. The minimum absolute atomic E-state index is 0.0762. The van der Waals surface area contributed by atoms with Crippen molar-refractivity contribution in [1.82, 2.24) is 10.6 Å². The number of carbonyl (C=O) groups is 1. The van der Waals surface area contributed by atoms with E-state index in [1.165, 1.54) is 5.56 Å². The van der Waals surface area contributed by atoms with Crippen molar-refractivity contribution in [3.8, 4) is 5.75 Å². The first-order valence-electron chi connectivity index (χ1n) is 6.87. The van der Waals surface area contributed by atoms with Crippen LogP contribution in [0.2, 0.25) is 0 Å². The molecule has 2 rings (SSSR count). The van der Waals surface area contributed by atoms with E-state index in [1.807, 2.05) is 19.1 Å². The number of likely N-dealkylation sites (N-methyl/N-ethyl adjacent to an activating group) is 1. The van der Waals surface area contributed by atoms with E-state index in [-0.39, 0.29) is 5.91 Å². The van der Waals surface area contributed by atoms with Crippen molar-refractivity contribution in [3.05, 3.63) is 29.8 Å². The number of hydrogen-bond acceptors (Lipinski definition) is 3. The Labute approximate surface area is 114 Å². The van der Waals surface area contributed by atoms with Crippen molar-refractivity contribution in [2.75, 3.05) is 20.2 Å². The Morgan fingerprint density at radius 1 is 1.42 bits per heavy atom. The summed E-state index contributed by atoms with van der Waals surface area (Å²) in [5.41, 5.74) is 1.33. The van der Waals surface area contributed by atoms with Crippen molar-refractivity contribution in [2.24, 2.45) is 0 Å². The summed E-state index contributed by atoms with van der Waals surface area (Å²) in [7, 11) is 1.69. The van der Waals surface area contributed by atoms with Crippen molar-refractivity contribution in [1.29, 1.82) is 0 Å². The summed E-state index contributed by atoms with van der Waals surface area (Å²) in [4.78, 5) is 11.3. The van der Waals surface area contributed by atoms with Gasteiger partial charge in [0.15, 0.2) is 0 Å². The third-order valence-corrected chi connectivity index (χ3v) is 3.63. The SMILES string of the molecule is CCNC(=O)CNC1CC(c2cccc(OC)c2)C1. The number of carbonyl (C=O) groups excluding carboxylic acids is 1. The van der Waals surface area contributed by atoms with E-state index in [2.05, 4.69) is 22.8 Å². The van der Waals surface area contributed by atoms with Gasteiger partial charge in [-0.3, -0.25) is 4.79 Å². The van der Waals surface area contributed by atoms with Crippen LogP contribution in [0.15, 0.2) is 24.3 Å². The molecule has 0 saturated heterocycles. The van der Waals surface area contributed by atoms with Crippen LogP contribution in [0.5, 0.6) is 5.75 Å². The van der Waals surface area contributed by atoms with E-state index in [1.54, 1.807) is 7.11 Å². The van der Waals surface area contributed by atoms with Gasteiger partial charge in [-0.1, -0.05) is 12.1 Å². The number of amides is 1. The fourth-order valence-corrected chi connectivity index (χ4v) is 2.45. The number of methoxy groups -OCH3 is 1. The summed E-state index contributed by atoms with van der Waals surface area (Å²) in [6, 6.07) is 8.70. The Kier molecular flexibility index (Phi) is 4.80. The van der Waals surface area contributed by atoms with E-state index in [0.29, 0.717) is 25.0 Å². The summed E-state index contributed by atoms with van der Waals surface area (Å²) in [6.45, 7) is 3.04. The molecular weight excluding hydrogens is 240 g/mol. The Morgan fingerprint density at radius 2 is 2.21 bits per heavy atom. The quantitative estimate of drug-likeness (QED) is 0.820. The molecule has 0 aromatic heterocycles. The van der Waals surface area contributed by atoms with Crippen LogP contribution in [0.3, 0.4) is 0 Å². The second-order valence-electron chi connectivity index (χ2n) is 4.98. The van der Waals surface area contributed by atoms with Gasteiger partial charge in [-0.05, 0) is 43.4 Å². The van der Waals surface area contributed by atoms with Crippen molar-refractivity contribution >= 4 is 5.91 Å². The minimum atomic E-state index is 0.0762. The minimum Gasteiger partial charge on any atom is -0.497 e. The zero-order valence-electron chi connectivity index (χ0n) is 11.6. The first kappa shape index (κ1) is 13.9. The van der Waals surface area contributed by atoms with Gasteiger partial charge in [-0.25, -0.2) is 0 Å². The highest BCUT2D eigenvalue weighted by Gasteiger charge is 2.30. The van der Waals surface area contributed by atoms with Gasteiger partial charge in [0.25, 0.3) is 0 Å². The summed E-state index contributed by atoms with van der Waals surface area (Å²) >= 11 is 0. The largest absolute Gasteiger partial charge is 0.497 e. The standard InChI is InChI=1S/C15H22N2O2/c1-3-16-15(18)10-17-13-7-12(8-13)11-5-4-6-14(9-11)19-2/h4-6,9,12-13,17H,3,7-8,10H2,1-2H3,(H,16,18). The predicted octanol–water partition coefficient (Wildman–Crippen LogP) is 1.67. The van der Waals surface area contributed by atoms with E-state index in [4.69, 9.17) is 4.74 Å². The molecule has 0 atom stereocenters. The molecule has 1 aliphatic rings. The molecule has 1 amide bonds. The molecule has 1 aliphatic carbocycles. The number of benzene rings is 1. The molecule has 0 bridgehead atoms. The summed E-state index contributed by atoms with van der Waals surface area (Å²) in [6.07, 6.45) is 2.18. The fourth-order valence-electron chi connectivity index (χ4n) is 2.45. The first-order chi connectivity index (χ1) is 9.22. The smallest absolute Gasteiger partial charge is 0.233 e. The van der Waals surface area contributed by atoms with Crippen molar-refractivity contribution in [2.45, 2.75) is 31.7 Å². The van der Waals surface area contributed by atoms with Crippen LogP contribution in [0.1, 0.15) is 31.2 Å². The normalized spacial score (nSPS) is 21.6. The van der Waals surface area contributed by atoms with Gasteiger partial charge in [0.2, 0.25) is 5.91 Å². The van der Waals surface area contributed by atoms with Crippen LogP contribution in [0.4, 0.5) is 0 Å². The zero-order chi connectivity index (χ0) is 13.7. The Morgan fingerprint density at radius 3 is 2.89 bits per heavy atom. The first-order valence-corrected chi connectivity index (χ1v) is 6.87. The topological polar surface area (TPSA) is 50.4 Å². The van der Waals surface area contributed by atoms with Crippen molar-refractivity contribution in [3.63, 3.8) is 0 Å². The molecule has 1 aromatic carbocycles. The van der Waals surface area contributed by atoms with Crippen molar-refractivity contribution < 1.29 is 9.53 Å². The number of ether oxygens (including phenoxy) is 1. The molecule has 104 valence electrons. The summed E-state index contributed by atoms with van der Waals surface area (Å²) in [5.74, 6) is 1.57. The lowest BCUT2D eigenvalue weighted by atomic mass is 9.76. The molecule has 0 aliphatic heterocycles. The Balaban J connectivity index is 1.75. The lowest BCUT2D eigenvalue weighted by molar-refractivity contribution is -0.120. The molecule has 4 nitrogen and oxygen atoms in total. The Hall–Kier alpha value is -1.55. The highest BCUT2D eigenvalue weighted by molar-refractivity contribution is 5.77. The molecule has 19 heavy (non-hydrogen) atoms. The molecule has 0 unspecified atom stereocenters. The van der Waals surface area contributed by atoms with Gasteiger partial charge < -0.3 is 15.4 Å². The number of rotatable bonds is 6. The van der Waals surface area contributed by atoms with E-state index in [9.17, 15) is 4.79 Å². The van der Waals surface area contributed by atoms with Crippen LogP contribution in [-0.4, -0.2) is 32.1 Å². The number of nitrogens with one attached hydrogen (secondary N) is 2. The molecular formula is C15H22N2O2. The lowest BCUT2D eigenvalue weighted by Crippen LogP contribution is -2.44. The summed E-state index contributed by atoms with van der Waals surface area (Å²) < 4.78 is 5.24. The third-order valence-electron chi connectivity index (χ3n) is 3.63. The maximum absolute atomic E-state index is 11.3. The molecule has 0 spiro atoms. The van der Waals surface area contributed by atoms with Crippen LogP contribution in [-0.2, 0) is 4.79 Å². The lowest BCUT2D eigenvalue weighted by Gasteiger charge is -2.36. The second-order valence-corrected chi connectivity index (χ2v) is 4.98. The predicted molar refractivity (Wildman–Crippen MR) is 75.4 cm³/mol. The maximum atomic E-state index is 11.3. The average Bonchev–Trinajstić information content (AvgIpc) is 2.37. The highest BCUT2D eigenvalue weighted by atomic mass is 16.5. The van der Waals surface area contributed by atoms with E-state index in [0.717, 1.165) is 18.6 Å². The molecule has 2 N–H and O–H groups in total. The zero-order valence-corrected chi connectivity index (χ0v) is 11.6. The van der Waals surface area contributed by atoms with Crippen LogP contribution in [0, 0.1) is 0 Å². The molecule has 4 heteroatoms.